The topological polar surface area (TPSA) is 49.8 Å². The van der Waals surface area contributed by atoms with Crippen molar-refractivity contribution in [3.63, 3.8) is 0 Å². The van der Waals surface area contributed by atoms with Gasteiger partial charge in [-0.05, 0) is 25.8 Å². The van der Waals surface area contributed by atoms with Crippen LogP contribution >= 0.6 is 0 Å². The van der Waals surface area contributed by atoms with E-state index in [0.29, 0.717) is 0 Å². The van der Waals surface area contributed by atoms with Gasteiger partial charge in [0.05, 0.1) is 0 Å². The van der Waals surface area contributed by atoms with E-state index in [4.69, 9.17) is 0 Å². The molecule has 106 valence electrons. The van der Waals surface area contributed by atoms with Crippen LogP contribution in [-0.2, 0) is 13.0 Å². The van der Waals surface area contributed by atoms with Gasteiger partial charge in [-0.25, -0.2) is 9.97 Å². The molecule has 0 saturated carbocycles. The number of hydrogen-bond acceptors (Lipinski definition) is 4. The molecule has 0 spiro atoms. The zero-order valence-corrected chi connectivity index (χ0v) is 12.4. The molecular weight excluding hydrogens is 248 g/mol. The summed E-state index contributed by atoms with van der Waals surface area (Å²) in [4.78, 5) is 8.67. The molecule has 0 aliphatic heterocycles. The van der Waals surface area contributed by atoms with Gasteiger partial charge < -0.3 is 10.6 Å². The van der Waals surface area contributed by atoms with E-state index in [0.717, 1.165) is 36.7 Å². The zero-order chi connectivity index (χ0) is 14.4. The van der Waals surface area contributed by atoms with Crippen LogP contribution in [0.2, 0.25) is 0 Å². The number of hydrogen-bond donors (Lipinski definition) is 2. The second-order valence-electron chi connectivity index (χ2n) is 4.77. The van der Waals surface area contributed by atoms with Crippen molar-refractivity contribution in [3.05, 3.63) is 47.3 Å². The first-order valence-electron chi connectivity index (χ1n) is 7.11. The van der Waals surface area contributed by atoms with E-state index in [9.17, 15) is 0 Å². The lowest BCUT2D eigenvalue weighted by molar-refractivity contribution is 0.999. The van der Waals surface area contributed by atoms with Crippen molar-refractivity contribution < 1.29 is 0 Å². The molecule has 4 heteroatoms. The first-order valence-corrected chi connectivity index (χ1v) is 7.11. The number of aryl methyl sites for hydroxylation is 1. The number of benzene rings is 1. The van der Waals surface area contributed by atoms with Gasteiger partial charge in [0.15, 0.2) is 0 Å². The number of nitrogens with one attached hydrogen (secondary N) is 2. The van der Waals surface area contributed by atoms with Gasteiger partial charge in [0.2, 0.25) is 0 Å². The minimum Gasteiger partial charge on any atom is -0.370 e. The molecule has 0 bridgehead atoms. The monoisotopic (exact) mass is 270 g/mol. The third kappa shape index (κ3) is 3.47. The third-order valence-electron chi connectivity index (χ3n) is 3.22. The summed E-state index contributed by atoms with van der Waals surface area (Å²) in [7, 11) is 0. The van der Waals surface area contributed by atoms with Gasteiger partial charge in [-0.1, -0.05) is 36.8 Å². The molecule has 1 aromatic heterocycles. The van der Waals surface area contributed by atoms with Crippen molar-refractivity contribution in [1.82, 2.24) is 9.97 Å². The first-order chi connectivity index (χ1) is 9.74. The van der Waals surface area contributed by atoms with E-state index in [-0.39, 0.29) is 0 Å². The highest BCUT2D eigenvalue weighted by Crippen LogP contribution is 2.20. The number of nitrogens with zero attached hydrogens (tertiary/aromatic N) is 2. The minimum absolute atomic E-state index is 0.774. The van der Waals surface area contributed by atoms with Gasteiger partial charge in [0, 0.05) is 18.7 Å². The fraction of sp³-hybridized carbons (Fsp3) is 0.375. The van der Waals surface area contributed by atoms with E-state index in [1.807, 2.05) is 0 Å². The van der Waals surface area contributed by atoms with Gasteiger partial charge in [-0.2, -0.15) is 0 Å². The van der Waals surface area contributed by atoms with Gasteiger partial charge in [0.25, 0.3) is 0 Å². The first kappa shape index (κ1) is 14.3. The Morgan fingerprint density at radius 3 is 2.20 bits per heavy atom. The van der Waals surface area contributed by atoms with E-state index in [2.05, 4.69) is 65.6 Å². The maximum Gasteiger partial charge on any atom is 0.134 e. The average molecular weight is 270 g/mol. The van der Waals surface area contributed by atoms with Crippen LogP contribution in [0, 0.1) is 6.92 Å². The summed E-state index contributed by atoms with van der Waals surface area (Å²) in [6.45, 7) is 7.92. The fourth-order valence-electron chi connectivity index (χ4n) is 2.11. The highest BCUT2D eigenvalue weighted by atomic mass is 15.1. The summed E-state index contributed by atoms with van der Waals surface area (Å²) < 4.78 is 0. The Labute approximate surface area is 120 Å². The molecule has 0 atom stereocenters. The number of aromatic nitrogens is 2. The van der Waals surface area contributed by atoms with E-state index < -0.39 is 0 Å². The Morgan fingerprint density at radius 1 is 0.950 bits per heavy atom. The molecule has 0 unspecified atom stereocenters. The molecule has 1 heterocycles. The second-order valence-corrected chi connectivity index (χ2v) is 4.77. The largest absolute Gasteiger partial charge is 0.370 e. The lowest BCUT2D eigenvalue weighted by Gasteiger charge is -2.13. The molecule has 0 amide bonds. The predicted octanol–water partition coefficient (Wildman–Crippen LogP) is 3.39. The number of anilines is 2. The fourth-order valence-corrected chi connectivity index (χ4v) is 2.11. The quantitative estimate of drug-likeness (QED) is 0.844. The normalized spacial score (nSPS) is 10.3. The van der Waals surface area contributed by atoms with Gasteiger partial charge in [0.1, 0.15) is 18.0 Å². The Bertz CT molecular complexity index is 549. The van der Waals surface area contributed by atoms with Crippen LogP contribution in [-0.4, -0.2) is 16.5 Å². The van der Waals surface area contributed by atoms with Crippen LogP contribution in [0.4, 0.5) is 11.6 Å². The molecule has 4 nitrogen and oxygen atoms in total. The molecule has 0 saturated heterocycles. The van der Waals surface area contributed by atoms with Gasteiger partial charge >= 0.3 is 0 Å². The van der Waals surface area contributed by atoms with Crippen LogP contribution in [0.1, 0.15) is 30.5 Å². The smallest absolute Gasteiger partial charge is 0.134 e. The maximum atomic E-state index is 4.36. The molecule has 0 aliphatic carbocycles. The number of rotatable bonds is 6. The summed E-state index contributed by atoms with van der Waals surface area (Å²) in [5, 5.41) is 6.69. The van der Waals surface area contributed by atoms with Crippen molar-refractivity contribution >= 4 is 11.6 Å². The molecule has 2 N–H and O–H groups in total. The Hall–Kier alpha value is -2.10. The van der Waals surface area contributed by atoms with Crippen LogP contribution < -0.4 is 10.6 Å². The molecule has 2 aromatic rings. The van der Waals surface area contributed by atoms with Crippen LogP contribution in [0.3, 0.4) is 0 Å². The molecule has 2 rings (SSSR count). The van der Waals surface area contributed by atoms with Crippen molar-refractivity contribution in [1.29, 1.82) is 0 Å². The standard InChI is InChI=1S/C16H22N4/c1-4-14-15(17-5-2)19-11-20-16(14)18-10-13-8-6-12(3)7-9-13/h6-9,11H,4-5,10H2,1-3H3,(H2,17,18,19,20). The maximum absolute atomic E-state index is 4.36. The Kier molecular flexibility index (Phi) is 4.93. The summed E-state index contributed by atoms with van der Waals surface area (Å²) in [5.41, 5.74) is 3.67. The highest BCUT2D eigenvalue weighted by Gasteiger charge is 2.08. The summed E-state index contributed by atoms with van der Waals surface area (Å²) in [5.74, 6) is 1.84. The van der Waals surface area contributed by atoms with Gasteiger partial charge in [-0.15, -0.1) is 0 Å². The van der Waals surface area contributed by atoms with Crippen LogP contribution in [0.5, 0.6) is 0 Å². The van der Waals surface area contributed by atoms with Gasteiger partial charge in [-0.3, -0.25) is 0 Å². The average Bonchev–Trinajstić information content (AvgIpc) is 2.47. The van der Waals surface area contributed by atoms with E-state index in [1.54, 1.807) is 6.33 Å². The molecule has 20 heavy (non-hydrogen) atoms. The Balaban J connectivity index is 2.12. The van der Waals surface area contributed by atoms with E-state index >= 15 is 0 Å². The molecule has 0 aliphatic rings. The third-order valence-corrected chi connectivity index (χ3v) is 3.22. The lowest BCUT2D eigenvalue weighted by Crippen LogP contribution is -2.09. The zero-order valence-electron chi connectivity index (χ0n) is 12.4. The second kappa shape index (κ2) is 6.89. The van der Waals surface area contributed by atoms with E-state index in [1.165, 1.54) is 11.1 Å². The van der Waals surface area contributed by atoms with Crippen LogP contribution in [0.25, 0.3) is 0 Å². The molecule has 0 radical (unpaired) electrons. The molecule has 0 fully saturated rings. The molecular formula is C16H22N4. The van der Waals surface area contributed by atoms with Crippen molar-refractivity contribution in [2.75, 3.05) is 17.2 Å². The van der Waals surface area contributed by atoms with Crippen molar-refractivity contribution in [2.45, 2.75) is 33.7 Å². The van der Waals surface area contributed by atoms with Crippen molar-refractivity contribution in [3.8, 4) is 0 Å². The lowest BCUT2D eigenvalue weighted by atomic mass is 10.1. The Morgan fingerprint density at radius 2 is 1.60 bits per heavy atom. The summed E-state index contributed by atoms with van der Waals surface area (Å²) in [6.07, 6.45) is 2.51. The highest BCUT2D eigenvalue weighted by molar-refractivity contribution is 5.57. The summed E-state index contributed by atoms with van der Waals surface area (Å²) in [6, 6.07) is 8.53. The van der Waals surface area contributed by atoms with Crippen LogP contribution in [0.15, 0.2) is 30.6 Å². The minimum atomic E-state index is 0.774. The molecule has 1 aromatic carbocycles. The van der Waals surface area contributed by atoms with Crippen molar-refractivity contribution in [2.24, 2.45) is 0 Å². The SMILES string of the molecule is CCNc1ncnc(NCc2ccc(C)cc2)c1CC. The predicted molar refractivity (Wildman–Crippen MR) is 84.1 cm³/mol. The summed E-state index contributed by atoms with van der Waals surface area (Å²) >= 11 is 0.